The number of ether oxygens (including phenoxy) is 1. The van der Waals surface area contributed by atoms with Gasteiger partial charge in [0.1, 0.15) is 11.3 Å². The molecule has 8 heteroatoms. The molecule has 0 saturated carbocycles. The van der Waals surface area contributed by atoms with Crippen LogP contribution in [0.15, 0.2) is 63.8 Å². The fourth-order valence-electron chi connectivity index (χ4n) is 2.26. The summed E-state index contributed by atoms with van der Waals surface area (Å²) in [6.07, 6.45) is -4.51. The number of nitrogens with one attached hydrogen (secondary N) is 1. The molecular weight excluding hydrogens is 351 g/mol. The van der Waals surface area contributed by atoms with Crippen molar-refractivity contribution in [2.45, 2.75) is 6.18 Å². The van der Waals surface area contributed by atoms with E-state index in [0.29, 0.717) is 5.39 Å². The maximum Gasteiger partial charge on any atom is 0.422 e. The second-order valence-electron chi connectivity index (χ2n) is 5.33. The number of halogens is 3. The van der Waals surface area contributed by atoms with Gasteiger partial charge in [-0.05, 0) is 24.3 Å². The van der Waals surface area contributed by atoms with Crippen LogP contribution in [0.3, 0.4) is 0 Å². The van der Waals surface area contributed by atoms with E-state index in [1.165, 1.54) is 30.3 Å². The van der Waals surface area contributed by atoms with Gasteiger partial charge in [0.15, 0.2) is 17.8 Å². The van der Waals surface area contributed by atoms with Crippen LogP contribution in [-0.4, -0.2) is 18.7 Å². The number of para-hydroxylation sites is 3. The predicted molar refractivity (Wildman–Crippen MR) is 88.4 cm³/mol. The minimum absolute atomic E-state index is 0.0255. The highest BCUT2D eigenvalue weighted by Crippen LogP contribution is 2.27. The molecule has 1 aromatic heterocycles. The molecule has 0 bridgehead atoms. The van der Waals surface area contributed by atoms with Crippen molar-refractivity contribution in [2.24, 2.45) is 0 Å². The third kappa shape index (κ3) is 4.02. The van der Waals surface area contributed by atoms with Crippen LogP contribution in [0.4, 0.5) is 18.9 Å². The molecule has 0 aliphatic heterocycles. The van der Waals surface area contributed by atoms with Gasteiger partial charge in [0.05, 0.1) is 11.1 Å². The smallest absolute Gasteiger partial charge is 0.422 e. The van der Waals surface area contributed by atoms with Crippen LogP contribution in [0.2, 0.25) is 0 Å². The molecule has 0 saturated heterocycles. The van der Waals surface area contributed by atoms with Gasteiger partial charge in [-0.1, -0.05) is 24.3 Å². The largest absolute Gasteiger partial charge is 0.482 e. The molecular formula is C18H12F3NO4. The molecule has 1 N–H and O–H groups in total. The minimum Gasteiger partial charge on any atom is -0.482 e. The Hall–Kier alpha value is -3.29. The van der Waals surface area contributed by atoms with Gasteiger partial charge < -0.3 is 14.5 Å². The number of alkyl halides is 3. The molecule has 0 spiro atoms. The number of carbonyl (C=O) groups excluding carboxylic acids is 1. The Labute approximate surface area is 145 Å². The highest BCUT2D eigenvalue weighted by atomic mass is 19.4. The van der Waals surface area contributed by atoms with E-state index in [2.05, 4.69) is 5.32 Å². The number of fused-ring (bicyclic) bond motifs is 1. The summed E-state index contributed by atoms with van der Waals surface area (Å²) in [7, 11) is 0. The number of benzene rings is 2. The Kier molecular flexibility index (Phi) is 4.66. The Bertz CT molecular complexity index is 1010. The summed E-state index contributed by atoms with van der Waals surface area (Å²) >= 11 is 0. The van der Waals surface area contributed by atoms with E-state index < -0.39 is 24.1 Å². The van der Waals surface area contributed by atoms with Gasteiger partial charge in [0, 0.05) is 6.07 Å². The molecule has 0 atom stereocenters. The van der Waals surface area contributed by atoms with Crippen LogP contribution < -0.4 is 15.5 Å². The molecule has 3 aromatic rings. The van der Waals surface area contributed by atoms with Crippen LogP contribution >= 0.6 is 0 Å². The summed E-state index contributed by atoms with van der Waals surface area (Å²) in [6, 6.07) is 13.1. The lowest BCUT2D eigenvalue weighted by Gasteiger charge is -2.13. The fraction of sp³-hybridized carbons (Fsp3) is 0.111. The molecule has 0 fully saturated rings. The normalized spacial score (nSPS) is 11.3. The van der Waals surface area contributed by atoms with E-state index >= 15 is 0 Å². The standard InChI is InChI=1S/C18H12F3NO4/c19-18(20,21)10-25-15-8-4-2-6-12(15)22-17(24)16-9-13(23)11-5-1-3-7-14(11)26-16/h1-9H,10H2,(H,22,24). The van der Waals surface area contributed by atoms with Crippen molar-refractivity contribution in [3.8, 4) is 5.75 Å². The Morgan fingerprint density at radius 2 is 1.77 bits per heavy atom. The predicted octanol–water partition coefficient (Wildman–Crippen LogP) is 3.99. The van der Waals surface area contributed by atoms with Crippen LogP contribution in [0.5, 0.6) is 5.75 Å². The van der Waals surface area contributed by atoms with E-state index in [0.717, 1.165) is 6.07 Å². The average Bonchev–Trinajstić information content (AvgIpc) is 2.60. The van der Waals surface area contributed by atoms with Crippen LogP contribution in [0.1, 0.15) is 10.6 Å². The number of hydrogen-bond acceptors (Lipinski definition) is 4. The van der Waals surface area contributed by atoms with Gasteiger partial charge in [-0.15, -0.1) is 0 Å². The third-order valence-electron chi connectivity index (χ3n) is 3.39. The second-order valence-corrected chi connectivity index (χ2v) is 5.33. The lowest BCUT2D eigenvalue weighted by molar-refractivity contribution is -0.153. The monoisotopic (exact) mass is 363 g/mol. The summed E-state index contributed by atoms with van der Waals surface area (Å²) in [5.41, 5.74) is -0.150. The van der Waals surface area contributed by atoms with Gasteiger partial charge >= 0.3 is 6.18 Å². The lowest BCUT2D eigenvalue weighted by atomic mass is 10.2. The summed E-state index contributed by atoms with van der Waals surface area (Å²) in [5, 5.41) is 2.71. The molecule has 3 rings (SSSR count). The zero-order valence-corrected chi connectivity index (χ0v) is 13.2. The SMILES string of the molecule is O=C(Nc1ccccc1OCC(F)(F)F)c1cc(=O)c2ccccc2o1. The van der Waals surface area contributed by atoms with Crippen molar-refractivity contribution in [2.75, 3.05) is 11.9 Å². The first kappa shape index (κ1) is 17.5. The van der Waals surface area contributed by atoms with E-state index in [1.807, 2.05) is 0 Å². The first-order valence-corrected chi connectivity index (χ1v) is 7.46. The first-order valence-electron chi connectivity index (χ1n) is 7.46. The molecule has 0 radical (unpaired) electrons. The number of hydrogen-bond donors (Lipinski definition) is 1. The number of carbonyl (C=O) groups is 1. The highest BCUT2D eigenvalue weighted by Gasteiger charge is 2.29. The van der Waals surface area contributed by atoms with E-state index in [9.17, 15) is 22.8 Å². The minimum atomic E-state index is -4.51. The van der Waals surface area contributed by atoms with Crippen molar-refractivity contribution < 1.29 is 27.1 Å². The van der Waals surface area contributed by atoms with Gasteiger partial charge in [-0.3, -0.25) is 9.59 Å². The van der Waals surface area contributed by atoms with Crippen LogP contribution in [0.25, 0.3) is 11.0 Å². The molecule has 134 valence electrons. The molecule has 1 amide bonds. The molecule has 0 aliphatic carbocycles. The Balaban J connectivity index is 1.86. The molecule has 26 heavy (non-hydrogen) atoms. The maximum absolute atomic E-state index is 12.3. The quantitative estimate of drug-likeness (QED) is 0.761. The maximum atomic E-state index is 12.3. The van der Waals surface area contributed by atoms with Gasteiger partial charge in [0.2, 0.25) is 0 Å². The number of anilines is 1. The molecule has 0 unspecified atom stereocenters. The average molecular weight is 363 g/mol. The van der Waals surface area contributed by atoms with Crippen molar-refractivity contribution in [1.29, 1.82) is 0 Å². The molecule has 0 aliphatic rings. The van der Waals surface area contributed by atoms with E-state index in [1.54, 1.807) is 18.2 Å². The zero-order chi connectivity index (χ0) is 18.7. The van der Waals surface area contributed by atoms with Crippen molar-refractivity contribution >= 4 is 22.6 Å². The van der Waals surface area contributed by atoms with Crippen LogP contribution in [0, 0.1) is 0 Å². The molecule has 5 nitrogen and oxygen atoms in total. The van der Waals surface area contributed by atoms with Crippen molar-refractivity contribution in [1.82, 2.24) is 0 Å². The van der Waals surface area contributed by atoms with Crippen molar-refractivity contribution in [3.05, 3.63) is 70.6 Å². The Morgan fingerprint density at radius 1 is 1.08 bits per heavy atom. The van der Waals surface area contributed by atoms with Crippen LogP contribution in [-0.2, 0) is 0 Å². The topological polar surface area (TPSA) is 68.5 Å². The molecule has 1 heterocycles. The van der Waals surface area contributed by atoms with Gasteiger partial charge in [-0.2, -0.15) is 13.2 Å². The summed E-state index contributed by atoms with van der Waals surface area (Å²) in [4.78, 5) is 24.4. The van der Waals surface area contributed by atoms with Gasteiger partial charge in [-0.25, -0.2) is 0 Å². The highest BCUT2D eigenvalue weighted by molar-refractivity contribution is 6.03. The van der Waals surface area contributed by atoms with Crippen molar-refractivity contribution in [3.63, 3.8) is 0 Å². The number of rotatable bonds is 4. The third-order valence-corrected chi connectivity index (χ3v) is 3.39. The lowest BCUT2D eigenvalue weighted by Crippen LogP contribution is -2.20. The second kappa shape index (κ2) is 6.91. The summed E-state index contributed by atoms with van der Waals surface area (Å²) in [6.45, 7) is -1.50. The van der Waals surface area contributed by atoms with E-state index in [-0.39, 0.29) is 22.8 Å². The zero-order valence-electron chi connectivity index (χ0n) is 13.2. The van der Waals surface area contributed by atoms with E-state index in [4.69, 9.17) is 9.15 Å². The summed E-state index contributed by atoms with van der Waals surface area (Å²) in [5.74, 6) is -1.20. The Morgan fingerprint density at radius 3 is 2.54 bits per heavy atom. The summed E-state index contributed by atoms with van der Waals surface area (Å²) < 4.78 is 47.1. The fourth-order valence-corrected chi connectivity index (χ4v) is 2.26. The molecule has 2 aromatic carbocycles. The first-order chi connectivity index (χ1) is 12.3. The van der Waals surface area contributed by atoms with Gasteiger partial charge in [0.25, 0.3) is 5.91 Å². The number of amides is 1.